The minimum absolute atomic E-state index is 0.384. The van der Waals surface area contributed by atoms with Crippen molar-refractivity contribution in [2.24, 2.45) is 5.92 Å². The molecule has 1 saturated heterocycles. The third-order valence-electron chi connectivity index (χ3n) is 4.92. The van der Waals surface area contributed by atoms with Gasteiger partial charge in [-0.05, 0) is 69.9 Å². The van der Waals surface area contributed by atoms with Crippen LogP contribution in [0.25, 0.3) is 0 Å². The third-order valence-corrected chi connectivity index (χ3v) is 4.92. The van der Waals surface area contributed by atoms with Crippen molar-refractivity contribution in [2.75, 3.05) is 26.7 Å². The second-order valence-electron chi connectivity index (χ2n) is 6.22. The maximum atomic E-state index is 5.22. The summed E-state index contributed by atoms with van der Waals surface area (Å²) in [5, 5.41) is 3.78. The molecule has 1 aromatic rings. The molecular formula is C18H30N2O. The predicted molar refractivity (Wildman–Crippen MR) is 88.8 cm³/mol. The number of methoxy groups -OCH3 is 1. The SMILES string of the molecule is CCN1CCC(C(C)NC(C)c2ccc(OC)cc2)CC1. The van der Waals surface area contributed by atoms with Gasteiger partial charge in [0.1, 0.15) is 5.75 Å². The van der Waals surface area contributed by atoms with E-state index >= 15 is 0 Å². The predicted octanol–water partition coefficient (Wildman–Crippen LogP) is 3.47. The summed E-state index contributed by atoms with van der Waals surface area (Å²) >= 11 is 0. The van der Waals surface area contributed by atoms with Gasteiger partial charge in [0.05, 0.1) is 7.11 Å². The number of piperidine rings is 1. The lowest BCUT2D eigenvalue weighted by molar-refractivity contribution is 0.165. The molecule has 3 heteroatoms. The normalized spacial score (nSPS) is 20.2. The van der Waals surface area contributed by atoms with Crippen molar-refractivity contribution in [1.29, 1.82) is 0 Å². The fourth-order valence-electron chi connectivity index (χ4n) is 3.29. The van der Waals surface area contributed by atoms with Gasteiger partial charge in [0.2, 0.25) is 0 Å². The second-order valence-corrected chi connectivity index (χ2v) is 6.22. The molecular weight excluding hydrogens is 260 g/mol. The summed E-state index contributed by atoms with van der Waals surface area (Å²) < 4.78 is 5.22. The van der Waals surface area contributed by atoms with Crippen LogP contribution in [-0.2, 0) is 0 Å². The van der Waals surface area contributed by atoms with E-state index in [4.69, 9.17) is 4.74 Å². The number of nitrogens with zero attached hydrogens (tertiary/aromatic N) is 1. The van der Waals surface area contributed by atoms with Gasteiger partial charge in [0.15, 0.2) is 0 Å². The van der Waals surface area contributed by atoms with Gasteiger partial charge >= 0.3 is 0 Å². The molecule has 1 aromatic carbocycles. The van der Waals surface area contributed by atoms with Crippen LogP contribution in [0.1, 0.15) is 45.2 Å². The maximum absolute atomic E-state index is 5.22. The molecule has 0 saturated carbocycles. The van der Waals surface area contributed by atoms with Crippen molar-refractivity contribution >= 4 is 0 Å². The number of ether oxygens (including phenoxy) is 1. The van der Waals surface area contributed by atoms with Crippen molar-refractivity contribution in [1.82, 2.24) is 10.2 Å². The highest BCUT2D eigenvalue weighted by molar-refractivity contribution is 5.28. The van der Waals surface area contributed by atoms with E-state index in [0.717, 1.165) is 11.7 Å². The molecule has 1 fully saturated rings. The van der Waals surface area contributed by atoms with Crippen molar-refractivity contribution in [3.8, 4) is 5.75 Å². The molecule has 3 nitrogen and oxygen atoms in total. The summed E-state index contributed by atoms with van der Waals surface area (Å²) in [4.78, 5) is 2.55. The average molecular weight is 290 g/mol. The first-order valence-corrected chi connectivity index (χ1v) is 8.26. The monoisotopic (exact) mass is 290 g/mol. The highest BCUT2D eigenvalue weighted by Crippen LogP contribution is 2.23. The van der Waals surface area contributed by atoms with Gasteiger partial charge in [-0.25, -0.2) is 0 Å². The van der Waals surface area contributed by atoms with E-state index in [1.165, 1.54) is 38.0 Å². The zero-order valence-corrected chi connectivity index (χ0v) is 13.9. The van der Waals surface area contributed by atoms with E-state index in [1.807, 2.05) is 12.1 Å². The van der Waals surface area contributed by atoms with Crippen molar-refractivity contribution < 1.29 is 4.74 Å². The zero-order valence-electron chi connectivity index (χ0n) is 13.9. The van der Waals surface area contributed by atoms with Gasteiger partial charge in [-0.1, -0.05) is 19.1 Å². The maximum Gasteiger partial charge on any atom is 0.118 e. The fourth-order valence-corrected chi connectivity index (χ4v) is 3.29. The Morgan fingerprint density at radius 1 is 1.19 bits per heavy atom. The zero-order chi connectivity index (χ0) is 15.2. The van der Waals surface area contributed by atoms with Crippen molar-refractivity contribution in [3.63, 3.8) is 0 Å². The molecule has 0 aromatic heterocycles. The molecule has 0 radical (unpaired) electrons. The fraction of sp³-hybridized carbons (Fsp3) is 0.667. The van der Waals surface area contributed by atoms with Crippen LogP contribution in [0, 0.1) is 5.92 Å². The topological polar surface area (TPSA) is 24.5 Å². The van der Waals surface area contributed by atoms with Crippen LogP contribution < -0.4 is 10.1 Å². The Kier molecular flexibility index (Phi) is 6.07. The van der Waals surface area contributed by atoms with E-state index in [0.29, 0.717) is 12.1 Å². The molecule has 0 amide bonds. The van der Waals surface area contributed by atoms with E-state index in [9.17, 15) is 0 Å². The summed E-state index contributed by atoms with van der Waals surface area (Å²) in [7, 11) is 1.71. The van der Waals surface area contributed by atoms with Crippen molar-refractivity contribution in [3.05, 3.63) is 29.8 Å². The van der Waals surface area contributed by atoms with Crippen LogP contribution in [0.3, 0.4) is 0 Å². The van der Waals surface area contributed by atoms with Gasteiger partial charge in [0.25, 0.3) is 0 Å². The number of rotatable bonds is 6. The van der Waals surface area contributed by atoms with Gasteiger partial charge in [-0.3, -0.25) is 0 Å². The Labute approximate surface area is 129 Å². The lowest BCUT2D eigenvalue weighted by atomic mass is 9.89. The van der Waals surface area contributed by atoms with E-state index in [1.54, 1.807) is 7.11 Å². The second kappa shape index (κ2) is 7.81. The Balaban J connectivity index is 1.85. The first kappa shape index (κ1) is 16.3. The summed E-state index contributed by atoms with van der Waals surface area (Å²) in [5.74, 6) is 1.72. The summed E-state index contributed by atoms with van der Waals surface area (Å²) in [6.45, 7) is 10.5. The molecule has 2 unspecified atom stereocenters. The largest absolute Gasteiger partial charge is 0.497 e. The molecule has 0 spiro atoms. The van der Waals surface area contributed by atoms with Gasteiger partial charge in [-0.2, -0.15) is 0 Å². The van der Waals surface area contributed by atoms with E-state index in [2.05, 4.69) is 43.1 Å². The number of likely N-dealkylation sites (tertiary alicyclic amines) is 1. The van der Waals surface area contributed by atoms with Crippen LogP contribution in [0.4, 0.5) is 0 Å². The van der Waals surface area contributed by atoms with Crippen LogP contribution in [-0.4, -0.2) is 37.7 Å². The number of hydrogen-bond acceptors (Lipinski definition) is 3. The molecule has 0 bridgehead atoms. The minimum Gasteiger partial charge on any atom is -0.497 e. The number of benzene rings is 1. The Hall–Kier alpha value is -1.06. The molecule has 2 atom stereocenters. The summed E-state index contributed by atoms with van der Waals surface area (Å²) in [6.07, 6.45) is 2.63. The van der Waals surface area contributed by atoms with E-state index in [-0.39, 0.29) is 0 Å². The average Bonchev–Trinajstić information content (AvgIpc) is 2.55. The number of hydrogen-bond donors (Lipinski definition) is 1. The lowest BCUT2D eigenvalue weighted by Crippen LogP contribution is -2.42. The first-order chi connectivity index (χ1) is 10.1. The van der Waals surface area contributed by atoms with Gasteiger partial charge < -0.3 is 15.0 Å². The van der Waals surface area contributed by atoms with Crippen LogP contribution in [0.5, 0.6) is 5.75 Å². The van der Waals surface area contributed by atoms with Crippen LogP contribution in [0.2, 0.25) is 0 Å². The van der Waals surface area contributed by atoms with E-state index < -0.39 is 0 Å². The Morgan fingerprint density at radius 2 is 1.81 bits per heavy atom. The quantitative estimate of drug-likeness (QED) is 0.868. The molecule has 1 heterocycles. The molecule has 21 heavy (non-hydrogen) atoms. The van der Waals surface area contributed by atoms with Gasteiger partial charge in [0, 0.05) is 12.1 Å². The first-order valence-electron chi connectivity index (χ1n) is 8.26. The standard InChI is InChI=1S/C18H30N2O/c1-5-20-12-10-17(11-13-20)15(3)19-14(2)16-6-8-18(21-4)9-7-16/h6-9,14-15,17,19H,5,10-13H2,1-4H3. The van der Waals surface area contributed by atoms with Crippen molar-refractivity contribution in [2.45, 2.75) is 45.7 Å². The van der Waals surface area contributed by atoms with Gasteiger partial charge in [-0.15, -0.1) is 0 Å². The molecule has 1 N–H and O–H groups in total. The summed E-state index contributed by atoms with van der Waals surface area (Å²) in [5.41, 5.74) is 1.33. The Bertz CT molecular complexity index is 410. The lowest BCUT2D eigenvalue weighted by Gasteiger charge is -2.35. The Morgan fingerprint density at radius 3 is 2.33 bits per heavy atom. The molecule has 2 rings (SSSR count). The highest BCUT2D eigenvalue weighted by Gasteiger charge is 2.24. The van der Waals surface area contributed by atoms with Crippen LogP contribution >= 0.6 is 0 Å². The molecule has 0 aliphatic carbocycles. The third kappa shape index (κ3) is 4.45. The molecule has 118 valence electrons. The van der Waals surface area contributed by atoms with Crippen LogP contribution in [0.15, 0.2) is 24.3 Å². The smallest absolute Gasteiger partial charge is 0.118 e. The highest BCUT2D eigenvalue weighted by atomic mass is 16.5. The summed E-state index contributed by atoms with van der Waals surface area (Å²) in [6, 6.07) is 9.35. The molecule has 1 aliphatic heterocycles. The minimum atomic E-state index is 0.384. The molecule has 1 aliphatic rings. The number of nitrogens with one attached hydrogen (secondary N) is 1.